The maximum Gasteiger partial charge on any atom is 0.257 e. The van der Waals surface area contributed by atoms with E-state index in [2.05, 4.69) is 5.32 Å². The number of hydrogen-bond acceptors (Lipinski definition) is 4. The van der Waals surface area contributed by atoms with E-state index in [-0.39, 0.29) is 30.1 Å². The van der Waals surface area contributed by atoms with E-state index in [4.69, 9.17) is 10.5 Å². The molecule has 1 atom stereocenters. The fourth-order valence-corrected chi connectivity index (χ4v) is 3.58. The van der Waals surface area contributed by atoms with Gasteiger partial charge in [0.2, 0.25) is 5.91 Å². The van der Waals surface area contributed by atoms with Crippen molar-refractivity contribution < 1.29 is 14.3 Å². The zero-order valence-corrected chi connectivity index (χ0v) is 18.1. The number of rotatable bonds is 7. The Kier molecular flexibility index (Phi) is 9.15. The molecule has 0 aromatic heterocycles. The molecule has 30 heavy (non-hydrogen) atoms. The summed E-state index contributed by atoms with van der Waals surface area (Å²) in [5.41, 5.74) is 8.23. The number of nitrogens with one attached hydrogen (secondary N) is 1. The highest BCUT2D eigenvalue weighted by atomic mass is 35.5. The van der Waals surface area contributed by atoms with Crippen molar-refractivity contribution >= 4 is 24.2 Å². The van der Waals surface area contributed by atoms with Gasteiger partial charge in [-0.2, -0.15) is 0 Å². The molecule has 2 aromatic carbocycles. The first-order valence-electron chi connectivity index (χ1n) is 10.1. The topological polar surface area (TPSA) is 84.7 Å². The summed E-state index contributed by atoms with van der Waals surface area (Å²) in [5.74, 6) is 0.244. The maximum atomic E-state index is 13.2. The summed E-state index contributed by atoms with van der Waals surface area (Å²) in [5, 5.41) is 2.83. The van der Waals surface area contributed by atoms with E-state index in [0.29, 0.717) is 44.1 Å². The van der Waals surface area contributed by atoms with Crippen molar-refractivity contribution in [3.63, 3.8) is 0 Å². The Morgan fingerprint density at radius 3 is 2.67 bits per heavy atom. The van der Waals surface area contributed by atoms with Crippen molar-refractivity contribution in [1.29, 1.82) is 0 Å². The van der Waals surface area contributed by atoms with Gasteiger partial charge in [0, 0.05) is 26.2 Å². The maximum absolute atomic E-state index is 13.2. The summed E-state index contributed by atoms with van der Waals surface area (Å²) in [6.45, 7) is 4.37. The number of hydrogen-bond donors (Lipinski definition) is 2. The third kappa shape index (κ3) is 5.97. The number of ether oxygens (including phenoxy) is 1. The summed E-state index contributed by atoms with van der Waals surface area (Å²) >= 11 is 0. The van der Waals surface area contributed by atoms with Crippen LogP contribution >= 0.6 is 12.4 Å². The predicted molar refractivity (Wildman–Crippen MR) is 120 cm³/mol. The molecule has 0 spiro atoms. The van der Waals surface area contributed by atoms with Gasteiger partial charge in [0.05, 0.1) is 11.5 Å². The molecule has 0 saturated carbocycles. The summed E-state index contributed by atoms with van der Waals surface area (Å²) in [7, 11) is 0. The SMILES string of the molecule is Cc1ccccc1COc1ccccc1C(=O)N1CCCC(C(=O)NCCN)C1.Cl. The van der Waals surface area contributed by atoms with Crippen LogP contribution in [0.1, 0.15) is 34.3 Å². The Balaban J connectivity index is 0.00000320. The van der Waals surface area contributed by atoms with Crippen molar-refractivity contribution in [2.75, 3.05) is 26.2 Å². The van der Waals surface area contributed by atoms with Gasteiger partial charge in [0.15, 0.2) is 0 Å². The fourth-order valence-electron chi connectivity index (χ4n) is 3.58. The summed E-state index contributed by atoms with van der Waals surface area (Å²) in [6.07, 6.45) is 1.59. The van der Waals surface area contributed by atoms with Crippen molar-refractivity contribution in [2.45, 2.75) is 26.4 Å². The number of nitrogens with two attached hydrogens (primary N) is 1. The van der Waals surface area contributed by atoms with Crippen molar-refractivity contribution in [3.8, 4) is 5.75 Å². The van der Waals surface area contributed by atoms with E-state index in [0.717, 1.165) is 24.0 Å². The molecule has 3 N–H and O–H groups in total. The van der Waals surface area contributed by atoms with Crippen LogP contribution in [0, 0.1) is 12.8 Å². The lowest BCUT2D eigenvalue weighted by Gasteiger charge is -2.32. The van der Waals surface area contributed by atoms with E-state index >= 15 is 0 Å². The standard InChI is InChI=1S/C23H29N3O3.ClH/c1-17-7-2-3-8-19(17)16-29-21-11-5-4-10-20(21)23(28)26-14-6-9-18(15-26)22(27)25-13-12-24;/h2-5,7-8,10-11,18H,6,9,12-16,24H2,1H3,(H,25,27);1H. The molecule has 162 valence electrons. The predicted octanol–water partition coefficient (Wildman–Crippen LogP) is 2.92. The lowest BCUT2D eigenvalue weighted by atomic mass is 9.96. The largest absolute Gasteiger partial charge is 0.488 e. The smallest absolute Gasteiger partial charge is 0.257 e. The minimum absolute atomic E-state index is 0. The second-order valence-electron chi connectivity index (χ2n) is 7.38. The monoisotopic (exact) mass is 431 g/mol. The van der Waals surface area contributed by atoms with Crippen molar-refractivity contribution in [2.24, 2.45) is 11.7 Å². The van der Waals surface area contributed by atoms with E-state index < -0.39 is 0 Å². The zero-order chi connectivity index (χ0) is 20.6. The summed E-state index contributed by atoms with van der Waals surface area (Å²) in [6, 6.07) is 15.3. The quantitative estimate of drug-likeness (QED) is 0.705. The molecule has 0 radical (unpaired) electrons. The number of carbonyl (C=O) groups excluding carboxylic acids is 2. The van der Waals surface area contributed by atoms with E-state index in [1.54, 1.807) is 11.0 Å². The first kappa shape index (κ1) is 23.7. The molecule has 2 amide bonds. The van der Waals surface area contributed by atoms with E-state index in [9.17, 15) is 9.59 Å². The summed E-state index contributed by atoms with van der Waals surface area (Å²) in [4.78, 5) is 27.2. The van der Waals surface area contributed by atoms with Gasteiger partial charge in [0.25, 0.3) is 5.91 Å². The molecule has 1 heterocycles. The van der Waals surface area contributed by atoms with Crippen LogP contribution < -0.4 is 15.8 Å². The average Bonchev–Trinajstić information content (AvgIpc) is 2.76. The number of piperidine rings is 1. The normalized spacial score (nSPS) is 15.8. The van der Waals surface area contributed by atoms with Crippen LogP contribution in [-0.2, 0) is 11.4 Å². The fraction of sp³-hybridized carbons (Fsp3) is 0.391. The van der Waals surface area contributed by atoms with Gasteiger partial charge in [-0.25, -0.2) is 0 Å². The number of likely N-dealkylation sites (tertiary alicyclic amines) is 1. The highest BCUT2D eigenvalue weighted by Crippen LogP contribution is 2.25. The number of benzene rings is 2. The Bertz CT molecular complexity index is 859. The molecule has 0 bridgehead atoms. The molecule has 3 rings (SSSR count). The first-order chi connectivity index (χ1) is 14.1. The molecular formula is C23H30ClN3O3. The minimum atomic E-state index is -0.195. The van der Waals surface area contributed by atoms with Crippen LogP contribution in [0.4, 0.5) is 0 Å². The number of amides is 2. The Hall–Kier alpha value is -2.57. The van der Waals surface area contributed by atoms with Gasteiger partial charge < -0.3 is 20.7 Å². The van der Waals surface area contributed by atoms with Crippen LogP contribution in [0.5, 0.6) is 5.75 Å². The van der Waals surface area contributed by atoms with Gasteiger partial charge in [-0.1, -0.05) is 36.4 Å². The minimum Gasteiger partial charge on any atom is -0.488 e. The number of carbonyl (C=O) groups is 2. The highest BCUT2D eigenvalue weighted by Gasteiger charge is 2.29. The van der Waals surface area contributed by atoms with Crippen LogP contribution in [-0.4, -0.2) is 42.9 Å². The zero-order valence-electron chi connectivity index (χ0n) is 17.3. The lowest BCUT2D eigenvalue weighted by molar-refractivity contribution is -0.126. The van der Waals surface area contributed by atoms with Crippen LogP contribution in [0.2, 0.25) is 0 Å². The van der Waals surface area contributed by atoms with Gasteiger partial charge in [0.1, 0.15) is 12.4 Å². The average molecular weight is 432 g/mol. The third-order valence-electron chi connectivity index (χ3n) is 5.28. The first-order valence-corrected chi connectivity index (χ1v) is 10.1. The third-order valence-corrected chi connectivity index (χ3v) is 5.28. The van der Waals surface area contributed by atoms with E-state index in [1.807, 2.05) is 49.4 Å². The van der Waals surface area contributed by atoms with Crippen molar-refractivity contribution in [1.82, 2.24) is 10.2 Å². The van der Waals surface area contributed by atoms with Gasteiger partial charge >= 0.3 is 0 Å². The van der Waals surface area contributed by atoms with Crippen LogP contribution in [0.15, 0.2) is 48.5 Å². The van der Waals surface area contributed by atoms with Gasteiger partial charge in [-0.05, 0) is 43.0 Å². The number of nitrogens with zero attached hydrogens (tertiary/aromatic N) is 1. The highest BCUT2D eigenvalue weighted by molar-refractivity contribution is 5.97. The number of halogens is 1. The molecule has 1 saturated heterocycles. The molecule has 2 aromatic rings. The Labute approximate surface area is 184 Å². The summed E-state index contributed by atoms with van der Waals surface area (Å²) < 4.78 is 6.00. The molecule has 1 aliphatic heterocycles. The Morgan fingerprint density at radius 2 is 1.90 bits per heavy atom. The molecule has 7 heteroatoms. The van der Waals surface area contributed by atoms with Crippen LogP contribution in [0.3, 0.4) is 0 Å². The lowest BCUT2D eigenvalue weighted by Crippen LogP contribution is -2.46. The molecule has 6 nitrogen and oxygen atoms in total. The second kappa shape index (κ2) is 11.6. The van der Waals surface area contributed by atoms with E-state index in [1.165, 1.54) is 0 Å². The Morgan fingerprint density at radius 1 is 1.17 bits per heavy atom. The van der Waals surface area contributed by atoms with Gasteiger partial charge in [-0.3, -0.25) is 9.59 Å². The second-order valence-corrected chi connectivity index (χ2v) is 7.38. The van der Waals surface area contributed by atoms with Crippen molar-refractivity contribution in [3.05, 3.63) is 65.2 Å². The molecule has 0 aliphatic carbocycles. The number of aryl methyl sites for hydroxylation is 1. The van der Waals surface area contributed by atoms with Gasteiger partial charge in [-0.15, -0.1) is 12.4 Å². The molecule has 1 aliphatic rings. The molecular weight excluding hydrogens is 402 g/mol. The molecule has 1 unspecified atom stereocenters. The number of para-hydroxylation sites is 1. The molecule has 1 fully saturated rings. The van der Waals surface area contributed by atoms with Crippen LogP contribution in [0.25, 0.3) is 0 Å².